The number of amides is 1. The summed E-state index contributed by atoms with van der Waals surface area (Å²) in [5.74, 6) is 0.805. The summed E-state index contributed by atoms with van der Waals surface area (Å²) in [5, 5.41) is 7.00. The van der Waals surface area contributed by atoms with E-state index < -0.39 is 0 Å². The molecule has 4 aromatic rings. The number of carbonyl (C=O) groups is 1. The van der Waals surface area contributed by atoms with Gasteiger partial charge in [0.25, 0.3) is 5.91 Å². The Kier molecular flexibility index (Phi) is 5.94. The molecule has 3 N–H and O–H groups in total. The maximum atomic E-state index is 13.1. The molecule has 5 rings (SSSR count). The van der Waals surface area contributed by atoms with E-state index in [1.807, 2.05) is 24.3 Å². The number of anilines is 1. The standard InChI is InChI=1S/C24H25N7O3/c1-33-23-18(11-16(13-28-23)15-8-10-31-21(12-15)29-24(25)30-31)22(32)27-14-19-20(7-4-9-26-19)34-17-5-2-3-6-17/h4,7-13,17H,2-3,5-6,14H2,1H3,(H2,25,30)(H,27,32). The Labute approximate surface area is 196 Å². The van der Waals surface area contributed by atoms with Gasteiger partial charge in [-0.05, 0) is 61.6 Å². The molecule has 0 radical (unpaired) electrons. The number of carbonyl (C=O) groups excluding carboxylic acids is 1. The molecule has 34 heavy (non-hydrogen) atoms. The van der Waals surface area contributed by atoms with Crippen molar-refractivity contribution in [3.05, 3.63) is 60.2 Å². The number of rotatable bonds is 7. The highest BCUT2D eigenvalue weighted by Crippen LogP contribution is 2.27. The van der Waals surface area contributed by atoms with Crippen molar-refractivity contribution < 1.29 is 14.3 Å². The molecule has 1 aliphatic carbocycles. The fourth-order valence-electron chi connectivity index (χ4n) is 4.12. The quantitative estimate of drug-likeness (QED) is 0.431. The predicted octanol–water partition coefficient (Wildman–Crippen LogP) is 3.03. The lowest BCUT2D eigenvalue weighted by atomic mass is 10.1. The van der Waals surface area contributed by atoms with E-state index in [2.05, 4.69) is 25.4 Å². The van der Waals surface area contributed by atoms with Crippen LogP contribution in [0.4, 0.5) is 5.95 Å². The van der Waals surface area contributed by atoms with Gasteiger partial charge in [-0.15, -0.1) is 5.10 Å². The van der Waals surface area contributed by atoms with E-state index in [0.717, 1.165) is 24.0 Å². The minimum absolute atomic E-state index is 0.191. The predicted molar refractivity (Wildman–Crippen MR) is 125 cm³/mol. The molecule has 0 bridgehead atoms. The molecule has 4 aromatic heterocycles. The van der Waals surface area contributed by atoms with Gasteiger partial charge in [0, 0.05) is 24.2 Å². The zero-order valence-electron chi connectivity index (χ0n) is 18.8. The molecule has 10 heteroatoms. The van der Waals surface area contributed by atoms with Crippen LogP contribution in [-0.4, -0.2) is 43.7 Å². The number of pyridine rings is 3. The van der Waals surface area contributed by atoms with Crippen molar-refractivity contribution in [2.45, 2.75) is 38.3 Å². The Hall–Kier alpha value is -4.21. The minimum atomic E-state index is -0.323. The van der Waals surface area contributed by atoms with Crippen LogP contribution < -0.4 is 20.5 Å². The molecule has 0 atom stereocenters. The third kappa shape index (κ3) is 4.47. The Morgan fingerprint density at radius 3 is 2.88 bits per heavy atom. The molecule has 0 aliphatic heterocycles. The summed E-state index contributed by atoms with van der Waals surface area (Å²) in [4.78, 5) is 26.0. The van der Waals surface area contributed by atoms with Gasteiger partial charge in [-0.25, -0.2) is 9.50 Å². The normalized spacial score (nSPS) is 13.8. The first kappa shape index (κ1) is 21.6. The van der Waals surface area contributed by atoms with Gasteiger partial charge in [0.15, 0.2) is 5.65 Å². The fraction of sp³-hybridized carbons (Fsp3) is 0.292. The highest BCUT2D eigenvalue weighted by Gasteiger charge is 2.20. The summed E-state index contributed by atoms with van der Waals surface area (Å²) in [6.07, 6.45) is 9.75. The molecule has 10 nitrogen and oxygen atoms in total. The molecule has 1 saturated carbocycles. The first-order valence-corrected chi connectivity index (χ1v) is 11.2. The number of hydrogen-bond donors (Lipinski definition) is 2. The molecule has 1 aliphatic rings. The summed E-state index contributed by atoms with van der Waals surface area (Å²) in [7, 11) is 1.48. The summed E-state index contributed by atoms with van der Waals surface area (Å²) in [6.45, 7) is 0.222. The van der Waals surface area contributed by atoms with Gasteiger partial charge in [0.1, 0.15) is 17.0 Å². The second-order valence-corrected chi connectivity index (χ2v) is 8.12. The van der Waals surface area contributed by atoms with Crippen LogP contribution in [0, 0.1) is 0 Å². The van der Waals surface area contributed by atoms with Gasteiger partial charge < -0.3 is 20.5 Å². The number of ether oxygens (including phenoxy) is 2. The Balaban J connectivity index is 1.36. The van der Waals surface area contributed by atoms with Gasteiger partial charge in [0.2, 0.25) is 11.8 Å². The SMILES string of the molecule is COc1ncc(-c2ccn3nc(N)nc3c2)cc1C(=O)NCc1ncccc1OC1CCCC1. The minimum Gasteiger partial charge on any atom is -0.488 e. The highest BCUT2D eigenvalue weighted by atomic mass is 16.5. The molecule has 0 unspecified atom stereocenters. The highest BCUT2D eigenvalue weighted by molar-refractivity contribution is 5.97. The lowest BCUT2D eigenvalue weighted by Gasteiger charge is -2.16. The largest absolute Gasteiger partial charge is 0.488 e. The number of nitrogens with two attached hydrogens (primary N) is 1. The van der Waals surface area contributed by atoms with E-state index in [-0.39, 0.29) is 30.4 Å². The Bertz CT molecular complexity index is 1330. The summed E-state index contributed by atoms with van der Waals surface area (Å²) < 4.78 is 13.1. The molecule has 0 aromatic carbocycles. The molecule has 1 amide bonds. The van der Waals surface area contributed by atoms with Crippen LogP contribution in [0.15, 0.2) is 48.9 Å². The van der Waals surface area contributed by atoms with Crippen molar-refractivity contribution in [1.29, 1.82) is 0 Å². The maximum absolute atomic E-state index is 13.1. The van der Waals surface area contributed by atoms with Crippen LogP contribution in [0.2, 0.25) is 0 Å². The van der Waals surface area contributed by atoms with Gasteiger partial charge in [-0.2, -0.15) is 4.98 Å². The van der Waals surface area contributed by atoms with Crippen molar-refractivity contribution >= 4 is 17.5 Å². The van der Waals surface area contributed by atoms with Crippen molar-refractivity contribution in [3.8, 4) is 22.8 Å². The summed E-state index contributed by atoms with van der Waals surface area (Å²) >= 11 is 0. The number of nitrogens with zero attached hydrogens (tertiary/aromatic N) is 5. The summed E-state index contributed by atoms with van der Waals surface area (Å²) in [5.41, 5.74) is 8.83. The number of nitrogens with one attached hydrogen (secondary N) is 1. The van der Waals surface area contributed by atoms with E-state index in [1.165, 1.54) is 20.0 Å². The van der Waals surface area contributed by atoms with Crippen molar-refractivity contribution in [3.63, 3.8) is 0 Å². The molecule has 0 saturated heterocycles. The maximum Gasteiger partial charge on any atom is 0.257 e. The van der Waals surface area contributed by atoms with Gasteiger partial charge in [0.05, 0.1) is 19.8 Å². The zero-order valence-corrected chi connectivity index (χ0v) is 18.8. The second-order valence-electron chi connectivity index (χ2n) is 8.12. The number of methoxy groups -OCH3 is 1. The van der Waals surface area contributed by atoms with Crippen molar-refractivity contribution in [2.75, 3.05) is 12.8 Å². The topological polar surface area (TPSA) is 130 Å². The number of fused-ring (bicyclic) bond motifs is 1. The van der Waals surface area contributed by atoms with Crippen LogP contribution in [0.5, 0.6) is 11.6 Å². The first-order chi connectivity index (χ1) is 16.6. The Morgan fingerprint density at radius 1 is 1.21 bits per heavy atom. The van der Waals surface area contributed by atoms with Crippen LogP contribution in [-0.2, 0) is 6.54 Å². The van der Waals surface area contributed by atoms with Crippen molar-refractivity contribution in [2.24, 2.45) is 0 Å². The van der Waals surface area contributed by atoms with Crippen molar-refractivity contribution in [1.82, 2.24) is 29.9 Å². The van der Waals surface area contributed by atoms with Crippen LogP contribution in [0.3, 0.4) is 0 Å². The van der Waals surface area contributed by atoms with Gasteiger partial charge >= 0.3 is 0 Å². The zero-order chi connectivity index (χ0) is 23.5. The fourth-order valence-corrected chi connectivity index (χ4v) is 4.12. The number of nitrogen functional groups attached to an aromatic ring is 1. The molecular formula is C24H25N7O3. The lowest BCUT2D eigenvalue weighted by Crippen LogP contribution is -2.25. The van der Waals surface area contributed by atoms with Crippen LogP contribution in [0.25, 0.3) is 16.8 Å². The first-order valence-electron chi connectivity index (χ1n) is 11.2. The van der Waals surface area contributed by atoms with E-state index in [0.29, 0.717) is 22.7 Å². The third-order valence-corrected chi connectivity index (χ3v) is 5.84. The van der Waals surface area contributed by atoms with E-state index in [1.54, 1.807) is 29.2 Å². The average Bonchev–Trinajstić information content (AvgIpc) is 3.50. The second kappa shape index (κ2) is 9.34. The molecule has 1 fully saturated rings. The van der Waals surface area contributed by atoms with Crippen LogP contribution >= 0.6 is 0 Å². The summed E-state index contributed by atoms with van der Waals surface area (Å²) in [6, 6.07) is 9.15. The number of aromatic nitrogens is 5. The van der Waals surface area contributed by atoms with Crippen LogP contribution in [0.1, 0.15) is 41.7 Å². The molecule has 174 valence electrons. The Morgan fingerprint density at radius 2 is 2.06 bits per heavy atom. The average molecular weight is 460 g/mol. The molecule has 0 spiro atoms. The van der Waals surface area contributed by atoms with E-state index >= 15 is 0 Å². The number of hydrogen-bond acceptors (Lipinski definition) is 8. The van der Waals surface area contributed by atoms with E-state index in [9.17, 15) is 4.79 Å². The van der Waals surface area contributed by atoms with Gasteiger partial charge in [-0.3, -0.25) is 9.78 Å². The monoisotopic (exact) mass is 459 g/mol. The molecular weight excluding hydrogens is 434 g/mol. The third-order valence-electron chi connectivity index (χ3n) is 5.84. The smallest absolute Gasteiger partial charge is 0.257 e. The van der Waals surface area contributed by atoms with E-state index in [4.69, 9.17) is 15.2 Å². The lowest BCUT2D eigenvalue weighted by molar-refractivity contribution is 0.0946. The van der Waals surface area contributed by atoms with Gasteiger partial charge in [-0.1, -0.05) is 0 Å². The molecule has 4 heterocycles.